The van der Waals surface area contributed by atoms with Crippen LogP contribution in [0.2, 0.25) is 0 Å². The zero-order chi connectivity index (χ0) is 11.8. The van der Waals surface area contributed by atoms with Crippen LogP contribution in [0, 0.1) is 5.53 Å². The second kappa shape index (κ2) is 7.95. The summed E-state index contributed by atoms with van der Waals surface area (Å²) in [6.07, 6.45) is 0.349. The van der Waals surface area contributed by atoms with Crippen LogP contribution in [0.15, 0.2) is 5.11 Å². The van der Waals surface area contributed by atoms with Gasteiger partial charge in [-0.1, -0.05) is 35.4 Å². The fourth-order valence-corrected chi connectivity index (χ4v) is 3.18. The molecule has 4 N–H and O–H groups in total. The first-order valence-corrected chi connectivity index (χ1v) is 6.88. The Balaban J connectivity index is 4.02. The van der Waals surface area contributed by atoms with Gasteiger partial charge in [-0.3, -0.25) is 4.79 Å². The summed E-state index contributed by atoms with van der Waals surface area (Å²) in [4.78, 5) is 10.6. The van der Waals surface area contributed by atoms with Crippen LogP contribution in [-0.2, 0) is 4.79 Å². The van der Waals surface area contributed by atoms with Gasteiger partial charge in [0.1, 0.15) is 6.04 Å². The molecule has 5 nitrogen and oxygen atoms in total. The quantitative estimate of drug-likeness (QED) is 0.452. The Morgan fingerprint density at radius 3 is 2.53 bits per heavy atom. The third-order valence-corrected chi connectivity index (χ3v) is 4.93. The molecule has 0 aromatic heterocycles. The average Bonchev–Trinajstić information content (AvgIpc) is 2.14. The Hall–Kier alpha value is -0.270. The Bertz CT molecular complexity index is 214. The number of carbonyl (C=O) groups is 1. The number of nitrogens with two attached hydrogens (primary N) is 1. The molecule has 0 rings (SSSR count). The van der Waals surface area contributed by atoms with Gasteiger partial charge >= 0.3 is 5.97 Å². The van der Waals surface area contributed by atoms with Crippen LogP contribution in [0.4, 0.5) is 0 Å². The highest BCUT2D eigenvalue weighted by molar-refractivity contribution is 8.77. The lowest BCUT2D eigenvalue weighted by Crippen LogP contribution is -2.33. The standard InChI is InChI=1S/C8H17N3O2S2/c1-5(2)14-15-6(4-11-10)3-7(9)8(12)13/h5-7,10H,3-4,9H2,1-2H3,(H,12,13)/t6?,7-/m0/s1. The normalized spacial score (nSPS) is 14.9. The summed E-state index contributed by atoms with van der Waals surface area (Å²) in [5, 5.41) is 12.4. The van der Waals surface area contributed by atoms with Crippen molar-refractivity contribution < 1.29 is 9.90 Å². The van der Waals surface area contributed by atoms with E-state index < -0.39 is 12.0 Å². The molecule has 0 aromatic rings. The van der Waals surface area contributed by atoms with Crippen LogP contribution in [0.5, 0.6) is 0 Å². The smallest absolute Gasteiger partial charge is 0.320 e. The lowest BCUT2D eigenvalue weighted by molar-refractivity contribution is -0.138. The van der Waals surface area contributed by atoms with Gasteiger partial charge in [-0.25, -0.2) is 5.53 Å². The number of aliphatic carboxylic acids is 1. The van der Waals surface area contributed by atoms with Gasteiger partial charge in [0.05, 0.1) is 6.54 Å². The molecule has 15 heavy (non-hydrogen) atoms. The van der Waals surface area contributed by atoms with Gasteiger partial charge in [0, 0.05) is 10.5 Å². The summed E-state index contributed by atoms with van der Waals surface area (Å²) in [6, 6.07) is -0.864. The maximum atomic E-state index is 10.6. The number of carboxylic acids is 1. The van der Waals surface area contributed by atoms with Gasteiger partial charge in [0.2, 0.25) is 0 Å². The van der Waals surface area contributed by atoms with Crippen LogP contribution < -0.4 is 5.73 Å². The van der Waals surface area contributed by atoms with E-state index >= 15 is 0 Å². The Labute approximate surface area is 97.5 Å². The third-order valence-electron chi connectivity index (χ3n) is 1.51. The van der Waals surface area contributed by atoms with E-state index in [2.05, 4.69) is 19.0 Å². The molecule has 0 saturated heterocycles. The number of hydrogen-bond acceptors (Lipinski definition) is 6. The van der Waals surface area contributed by atoms with Gasteiger partial charge in [-0.15, -0.1) is 0 Å². The number of carboxylic acid groups (broad SMARTS) is 1. The Morgan fingerprint density at radius 1 is 1.53 bits per heavy atom. The highest BCUT2D eigenvalue weighted by Gasteiger charge is 2.19. The zero-order valence-corrected chi connectivity index (χ0v) is 10.5. The van der Waals surface area contributed by atoms with Crippen LogP contribution in [-0.4, -0.2) is 34.2 Å². The second-order valence-electron chi connectivity index (χ2n) is 3.38. The maximum Gasteiger partial charge on any atom is 0.320 e. The largest absolute Gasteiger partial charge is 0.480 e. The van der Waals surface area contributed by atoms with Crippen LogP contribution in [0.3, 0.4) is 0 Å². The van der Waals surface area contributed by atoms with Gasteiger partial charge < -0.3 is 10.8 Å². The minimum atomic E-state index is -1.000. The molecule has 0 aromatic carbocycles. The minimum Gasteiger partial charge on any atom is -0.480 e. The molecular weight excluding hydrogens is 234 g/mol. The highest BCUT2D eigenvalue weighted by atomic mass is 33.1. The molecule has 0 bridgehead atoms. The molecule has 2 atom stereocenters. The molecule has 0 aliphatic heterocycles. The topological polar surface area (TPSA) is 99.5 Å². The van der Waals surface area contributed by atoms with Crippen molar-refractivity contribution in [3.8, 4) is 0 Å². The van der Waals surface area contributed by atoms with Crippen molar-refractivity contribution in [3.63, 3.8) is 0 Å². The Kier molecular flexibility index (Phi) is 7.81. The van der Waals surface area contributed by atoms with Gasteiger partial charge in [-0.05, 0) is 6.42 Å². The van der Waals surface area contributed by atoms with Crippen molar-refractivity contribution >= 4 is 27.6 Å². The molecule has 0 aliphatic rings. The van der Waals surface area contributed by atoms with E-state index in [1.165, 1.54) is 0 Å². The predicted octanol–water partition coefficient (Wildman–Crippen LogP) is 1.98. The van der Waals surface area contributed by atoms with Crippen molar-refractivity contribution in [2.75, 3.05) is 6.54 Å². The summed E-state index contributed by atoms with van der Waals surface area (Å²) in [5.74, 6) is -1.000. The molecule has 0 heterocycles. The van der Waals surface area contributed by atoms with E-state index in [4.69, 9.17) is 16.4 Å². The lowest BCUT2D eigenvalue weighted by atomic mass is 10.2. The van der Waals surface area contributed by atoms with Crippen molar-refractivity contribution in [2.24, 2.45) is 10.8 Å². The fourth-order valence-electron chi connectivity index (χ4n) is 0.820. The van der Waals surface area contributed by atoms with Gasteiger partial charge in [0.15, 0.2) is 0 Å². The summed E-state index contributed by atoms with van der Waals surface area (Å²) in [5.41, 5.74) is 12.2. The van der Waals surface area contributed by atoms with Gasteiger partial charge in [0.25, 0.3) is 0 Å². The van der Waals surface area contributed by atoms with E-state index in [9.17, 15) is 4.79 Å². The summed E-state index contributed by atoms with van der Waals surface area (Å²) >= 11 is 0. The number of nitrogens with one attached hydrogen (secondary N) is 1. The molecule has 7 heteroatoms. The molecular formula is C8H17N3O2S2. The molecule has 0 fully saturated rings. The van der Waals surface area contributed by atoms with Crippen molar-refractivity contribution in [1.82, 2.24) is 0 Å². The summed E-state index contributed by atoms with van der Waals surface area (Å²) < 4.78 is 0. The van der Waals surface area contributed by atoms with E-state index in [1.807, 2.05) is 0 Å². The van der Waals surface area contributed by atoms with E-state index in [0.717, 1.165) is 0 Å². The molecule has 0 amide bonds. The molecule has 0 saturated carbocycles. The first-order valence-electron chi connectivity index (χ1n) is 4.61. The second-order valence-corrected chi connectivity index (χ2v) is 6.53. The lowest BCUT2D eigenvalue weighted by Gasteiger charge is -2.16. The number of hydrogen-bond donors (Lipinski definition) is 3. The Morgan fingerprint density at radius 2 is 2.13 bits per heavy atom. The molecule has 0 spiro atoms. The van der Waals surface area contributed by atoms with Crippen molar-refractivity contribution in [3.05, 3.63) is 0 Å². The van der Waals surface area contributed by atoms with Crippen molar-refractivity contribution in [2.45, 2.75) is 36.8 Å². The zero-order valence-electron chi connectivity index (χ0n) is 8.84. The van der Waals surface area contributed by atoms with Crippen LogP contribution >= 0.6 is 21.6 Å². The molecule has 0 aliphatic carbocycles. The third kappa shape index (κ3) is 7.64. The van der Waals surface area contributed by atoms with Crippen LogP contribution in [0.25, 0.3) is 0 Å². The highest BCUT2D eigenvalue weighted by Crippen LogP contribution is 2.32. The van der Waals surface area contributed by atoms with Crippen LogP contribution in [0.1, 0.15) is 20.3 Å². The maximum absolute atomic E-state index is 10.6. The molecule has 1 unspecified atom stereocenters. The van der Waals surface area contributed by atoms with E-state index in [-0.39, 0.29) is 5.25 Å². The van der Waals surface area contributed by atoms with E-state index in [1.54, 1.807) is 21.6 Å². The first-order chi connectivity index (χ1) is 6.97. The molecule has 88 valence electrons. The predicted molar refractivity (Wildman–Crippen MR) is 64.3 cm³/mol. The van der Waals surface area contributed by atoms with Gasteiger partial charge in [-0.2, -0.15) is 5.11 Å². The monoisotopic (exact) mass is 251 g/mol. The molecule has 0 radical (unpaired) electrons. The fraction of sp³-hybridized carbons (Fsp3) is 0.875. The SMILES string of the molecule is CC(C)SSC(CN=N)C[C@H](N)C(=O)O. The number of rotatable bonds is 8. The van der Waals surface area contributed by atoms with E-state index in [0.29, 0.717) is 18.2 Å². The minimum absolute atomic E-state index is 0.000926. The average molecular weight is 251 g/mol. The summed E-state index contributed by atoms with van der Waals surface area (Å²) in [6.45, 7) is 4.44. The first kappa shape index (κ1) is 14.7. The number of nitrogens with zero attached hydrogens (tertiary/aromatic N) is 1. The van der Waals surface area contributed by atoms with Crippen molar-refractivity contribution in [1.29, 1.82) is 5.53 Å². The summed E-state index contributed by atoms with van der Waals surface area (Å²) in [7, 11) is 3.22.